The van der Waals surface area contributed by atoms with Crippen molar-refractivity contribution in [1.82, 2.24) is 9.55 Å². The van der Waals surface area contributed by atoms with Gasteiger partial charge in [-0.05, 0) is 77.7 Å². The molecule has 0 bridgehead atoms. The standard InChI is InChI=1S/C31H25F3N2O4/c1-20-14-21(17-29(37)38)16-26(15-20)39-19-24-7-3-2-6-23(24)18-36-28-9-5-4-8-27(28)35-30(36)22-10-12-25(13-11-22)40-31(32,33)34/h2-16H,17-19H2,1H3,(H,37,38). The molecule has 40 heavy (non-hydrogen) atoms. The number of benzene rings is 4. The van der Waals surface area contributed by atoms with E-state index in [1.807, 2.05) is 72.2 Å². The normalized spacial score (nSPS) is 11.5. The summed E-state index contributed by atoms with van der Waals surface area (Å²) in [6.07, 6.45) is -4.86. The second-order valence-corrected chi connectivity index (χ2v) is 9.36. The topological polar surface area (TPSA) is 73.6 Å². The number of aromatic nitrogens is 2. The summed E-state index contributed by atoms with van der Waals surface area (Å²) in [5.74, 6) is -0.0229. The van der Waals surface area contributed by atoms with Crippen molar-refractivity contribution in [1.29, 1.82) is 0 Å². The second-order valence-electron chi connectivity index (χ2n) is 9.36. The molecule has 6 nitrogen and oxygen atoms in total. The molecule has 0 saturated heterocycles. The van der Waals surface area contributed by atoms with Gasteiger partial charge in [-0.3, -0.25) is 4.79 Å². The van der Waals surface area contributed by atoms with E-state index in [0.29, 0.717) is 29.2 Å². The third-order valence-corrected chi connectivity index (χ3v) is 6.31. The Morgan fingerprint density at radius 2 is 1.60 bits per heavy atom. The number of imidazole rings is 1. The molecule has 204 valence electrons. The number of carbonyl (C=O) groups is 1. The predicted octanol–water partition coefficient (Wildman–Crippen LogP) is 7.16. The van der Waals surface area contributed by atoms with E-state index >= 15 is 0 Å². The molecular formula is C31H25F3N2O4. The Morgan fingerprint density at radius 3 is 2.33 bits per heavy atom. The number of hydrogen-bond acceptors (Lipinski definition) is 4. The molecule has 0 fully saturated rings. The number of aryl methyl sites for hydroxylation is 1. The third-order valence-electron chi connectivity index (χ3n) is 6.31. The highest BCUT2D eigenvalue weighted by atomic mass is 19.4. The van der Waals surface area contributed by atoms with E-state index in [-0.39, 0.29) is 18.8 Å². The second kappa shape index (κ2) is 11.1. The van der Waals surface area contributed by atoms with Crippen molar-refractivity contribution < 1.29 is 32.5 Å². The van der Waals surface area contributed by atoms with E-state index in [9.17, 15) is 18.0 Å². The molecule has 0 aliphatic carbocycles. The van der Waals surface area contributed by atoms with Gasteiger partial charge in [-0.2, -0.15) is 0 Å². The highest BCUT2D eigenvalue weighted by Gasteiger charge is 2.31. The lowest BCUT2D eigenvalue weighted by molar-refractivity contribution is -0.274. The largest absolute Gasteiger partial charge is 0.573 e. The number of hydrogen-bond donors (Lipinski definition) is 1. The quantitative estimate of drug-likeness (QED) is 0.212. The molecule has 0 unspecified atom stereocenters. The molecule has 0 spiro atoms. The van der Waals surface area contributed by atoms with E-state index < -0.39 is 12.3 Å². The first-order valence-electron chi connectivity index (χ1n) is 12.5. The van der Waals surface area contributed by atoms with Crippen molar-refractivity contribution in [3.8, 4) is 22.9 Å². The molecular weight excluding hydrogens is 521 g/mol. The molecule has 5 rings (SSSR count). The summed E-state index contributed by atoms with van der Waals surface area (Å²) in [6, 6.07) is 26.5. The predicted molar refractivity (Wildman–Crippen MR) is 144 cm³/mol. The summed E-state index contributed by atoms with van der Waals surface area (Å²) in [5.41, 5.74) is 5.75. The van der Waals surface area contributed by atoms with E-state index in [4.69, 9.17) is 14.8 Å². The molecule has 0 radical (unpaired) electrons. The minimum Gasteiger partial charge on any atom is -0.489 e. The molecule has 0 aliphatic heterocycles. The lowest BCUT2D eigenvalue weighted by Gasteiger charge is -2.15. The van der Waals surface area contributed by atoms with Crippen LogP contribution in [-0.2, 0) is 24.4 Å². The van der Waals surface area contributed by atoms with Gasteiger partial charge in [-0.25, -0.2) is 4.98 Å². The van der Waals surface area contributed by atoms with Crippen molar-refractivity contribution >= 4 is 17.0 Å². The van der Waals surface area contributed by atoms with Crippen LogP contribution in [0.1, 0.15) is 22.3 Å². The van der Waals surface area contributed by atoms with Gasteiger partial charge in [-0.1, -0.05) is 42.5 Å². The van der Waals surface area contributed by atoms with Crippen molar-refractivity contribution in [2.75, 3.05) is 0 Å². The van der Waals surface area contributed by atoms with Gasteiger partial charge < -0.3 is 19.1 Å². The Kier molecular flexibility index (Phi) is 7.46. The summed E-state index contributed by atoms with van der Waals surface area (Å²) in [5, 5.41) is 9.15. The van der Waals surface area contributed by atoms with Crippen LogP contribution in [0.4, 0.5) is 13.2 Å². The Bertz CT molecular complexity index is 1660. The number of aliphatic carboxylic acids is 1. The molecule has 4 aromatic carbocycles. The molecule has 0 saturated carbocycles. The first-order valence-corrected chi connectivity index (χ1v) is 12.5. The maximum atomic E-state index is 12.6. The van der Waals surface area contributed by atoms with E-state index in [0.717, 1.165) is 27.7 Å². The zero-order valence-corrected chi connectivity index (χ0v) is 21.5. The fourth-order valence-corrected chi connectivity index (χ4v) is 4.63. The van der Waals surface area contributed by atoms with Gasteiger partial charge in [0, 0.05) is 5.56 Å². The maximum Gasteiger partial charge on any atom is 0.573 e. The fraction of sp³-hybridized carbons (Fsp3) is 0.161. The molecule has 9 heteroatoms. The molecule has 5 aromatic rings. The number of ether oxygens (including phenoxy) is 2. The summed E-state index contributed by atoms with van der Waals surface area (Å²) in [7, 11) is 0. The van der Waals surface area contributed by atoms with E-state index in [2.05, 4.69) is 4.74 Å². The average Bonchev–Trinajstić information content (AvgIpc) is 3.25. The maximum absolute atomic E-state index is 12.6. The highest BCUT2D eigenvalue weighted by Crippen LogP contribution is 2.30. The van der Waals surface area contributed by atoms with Gasteiger partial charge in [0.05, 0.1) is 24.0 Å². The van der Waals surface area contributed by atoms with Crippen LogP contribution in [0.15, 0.2) is 91.0 Å². The van der Waals surface area contributed by atoms with Gasteiger partial charge in [-0.15, -0.1) is 13.2 Å². The van der Waals surface area contributed by atoms with Gasteiger partial charge >= 0.3 is 12.3 Å². The average molecular weight is 547 g/mol. The van der Waals surface area contributed by atoms with Gasteiger partial charge in [0.15, 0.2) is 0 Å². The van der Waals surface area contributed by atoms with Gasteiger partial charge in [0.1, 0.15) is 23.9 Å². The number of halogens is 3. The number of carboxylic acid groups (broad SMARTS) is 1. The Hall–Kier alpha value is -4.79. The van der Waals surface area contributed by atoms with Gasteiger partial charge in [0.2, 0.25) is 0 Å². The number of carboxylic acids is 1. The van der Waals surface area contributed by atoms with Crippen LogP contribution in [0, 0.1) is 6.92 Å². The molecule has 0 amide bonds. The lowest BCUT2D eigenvalue weighted by Crippen LogP contribution is -2.17. The molecule has 0 atom stereocenters. The Labute approximate surface area is 228 Å². The monoisotopic (exact) mass is 546 g/mol. The van der Waals surface area contributed by atoms with Crippen molar-refractivity contribution in [2.24, 2.45) is 0 Å². The van der Waals surface area contributed by atoms with Crippen LogP contribution in [-0.4, -0.2) is 27.0 Å². The zero-order valence-electron chi connectivity index (χ0n) is 21.5. The third kappa shape index (κ3) is 6.43. The summed E-state index contributed by atoms with van der Waals surface area (Å²) in [4.78, 5) is 15.9. The smallest absolute Gasteiger partial charge is 0.489 e. The number of rotatable bonds is 9. The van der Waals surface area contributed by atoms with Crippen LogP contribution in [0.5, 0.6) is 11.5 Å². The van der Waals surface area contributed by atoms with Crippen molar-refractivity contribution in [3.05, 3.63) is 113 Å². The Balaban J connectivity index is 1.44. The van der Waals surface area contributed by atoms with E-state index in [1.165, 1.54) is 12.1 Å². The summed E-state index contributed by atoms with van der Waals surface area (Å²) < 4.78 is 50.0. The summed E-state index contributed by atoms with van der Waals surface area (Å²) >= 11 is 0. The van der Waals surface area contributed by atoms with Crippen LogP contribution in [0.2, 0.25) is 0 Å². The fourth-order valence-electron chi connectivity index (χ4n) is 4.63. The van der Waals surface area contributed by atoms with Crippen LogP contribution >= 0.6 is 0 Å². The minimum absolute atomic E-state index is 0.0889. The Morgan fingerprint density at radius 1 is 0.900 bits per heavy atom. The van der Waals surface area contributed by atoms with Crippen LogP contribution < -0.4 is 9.47 Å². The number of nitrogens with zero attached hydrogens (tertiary/aromatic N) is 2. The first kappa shape index (κ1) is 26.8. The lowest BCUT2D eigenvalue weighted by atomic mass is 10.1. The molecule has 1 heterocycles. The molecule has 1 aromatic heterocycles. The number of alkyl halides is 3. The molecule has 0 aliphatic rings. The van der Waals surface area contributed by atoms with Crippen molar-refractivity contribution in [2.45, 2.75) is 32.9 Å². The van der Waals surface area contributed by atoms with Crippen LogP contribution in [0.25, 0.3) is 22.4 Å². The number of para-hydroxylation sites is 2. The molecule has 1 N–H and O–H groups in total. The first-order chi connectivity index (χ1) is 19.1. The minimum atomic E-state index is -4.77. The SMILES string of the molecule is Cc1cc(CC(=O)O)cc(OCc2ccccc2Cn2c(-c3ccc(OC(F)(F)F)cc3)nc3ccccc32)c1. The zero-order chi connectivity index (χ0) is 28.3. The van der Waals surface area contributed by atoms with E-state index in [1.54, 1.807) is 18.2 Å². The van der Waals surface area contributed by atoms with Crippen LogP contribution in [0.3, 0.4) is 0 Å². The number of fused-ring (bicyclic) bond motifs is 1. The van der Waals surface area contributed by atoms with Gasteiger partial charge in [0.25, 0.3) is 0 Å². The highest BCUT2D eigenvalue weighted by molar-refractivity contribution is 5.81. The van der Waals surface area contributed by atoms with Crippen molar-refractivity contribution in [3.63, 3.8) is 0 Å². The summed E-state index contributed by atoms with van der Waals surface area (Å²) in [6.45, 7) is 2.59.